The van der Waals surface area contributed by atoms with Crippen LogP contribution in [0.25, 0.3) is 0 Å². The fourth-order valence-corrected chi connectivity index (χ4v) is 2.35. The molecule has 0 fully saturated rings. The minimum absolute atomic E-state index is 0.0536. The number of benzene rings is 2. The summed E-state index contributed by atoms with van der Waals surface area (Å²) in [6, 6.07) is 15.3. The highest BCUT2D eigenvalue weighted by Crippen LogP contribution is 2.13. The van der Waals surface area contributed by atoms with E-state index in [-0.39, 0.29) is 11.8 Å². The topological polar surface area (TPSA) is 73.2 Å². The van der Waals surface area contributed by atoms with Crippen LogP contribution in [-0.2, 0) is 0 Å². The normalized spacial score (nSPS) is 9.96. The molecule has 0 bridgehead atoms. The number of carbonyl (C=O) groups is 2. The third kappa shape index (κ3) is 4.92. The van der Waals surface area contributed by atoms with Crippen LogP contribution in [0.5, 0.6) is 0 Å². The van der Waals surface area contributed by atoms with E-state index in [4.69, 9.17) is 5.26 Å². The van der Waals surface area contributed by atoms with Crippen LogP contribution >= 0.6 is 0 Å². The van der Waals surface area contributed by atoms with Crippen molar-refractivity contribution in [1.82, 2.24) is 4.90 Å². The van der Waals surface area contributed by atoms with Crippen LogP contribution in [-0.4, -0.2) is 30.3 Å². The standard InChI is InChI=1S/C20H21N3O2/c1-3-4-12-23(2)20(25)17-10-8-16(9-11-17)19(24)22-18-7-5-6-15(13-18)14-21/h5-11,13H,3-4,12H2,1-2H3,(H,22,24). The molecule has 0 unspecified atom stereocenters. The van der Waals surface area contributed by atoms with Gasteiger partial charge in [0.1, 0.15) is 0 Å². The fraction of sp³-hybridized carbons (Fsp3) is 0.250. The van der Waals surface area contributed by atoms with Gasteiger partial charge in [0.25, 0.3) is 11.8 Å². The Morgan fingerprint density at radius 2 is 1.80 bits per heavy atom. The van der Waals surface area contributed by atoms with Crippen molar-refractivity contribution >= 4 is 17.5 Å². The highest BCUT2D eigenvalue weighted by Gasteiger charge is 2.12. The molecule has 5 heteroatoms. The minimum atomic E-state index is -0.284. The van der Waals surface area contributed by atoms with Crippen molar-refractivity contribution in [3.63, 3.8) is 0 Å². The Bertz CT molecular complexity index is 791. The summed E-state index contributed by atoms with van der Waals surface area (Å²) in [5.74, 6) is -0.337. The third-order valence-corrected chi connectivity index (χ3v) is 3.84. The van der Waals surface area contributed by atoms with Crippen molar-refractivity contribution in [2.24, 2.45) is 0 Å². The number of rotatable bonds is 6. The Hall–Kier alpha value is -3.13. The van der Waals surface area contributed by atoms with Gasteiger partial charge in [0.2, 0.25) is 0 Å². The number of anilines is 1. The van der Waals surface area contributed by atoms with Crippen LogP contribution in [0.4, 0.5) is 5.69 Å². The number of hydrogen-bond acceptors (Lipinski definition) is 3. The second kappa shape index (κ2) is 8.65. The second-order valence-corrected chi connectivity index (χ2v) is 5.80. The highest BCUT2D eigenvalue weighted by molar-refractivity contribution is 6.05. The molecule has 25 heavy (non-hydrogen) atoms. The molecule has 1 N–H and O–H groups in total. The van der Waals surface area contributed by atoms with Gasteiger partial charge in [-0.15, -0.1) is 0 Å². The summed E-state index contributed by atoms with van der Waals surface area (Å²) >= 11 is 0. The first-order chi connectivity index (χ1) is 12.0. The molecule has 0 atom stereocenters. The van der Waals surface area contributed by atoms with Crippen molar-refractivity contribution in [1.29, 1.82) is 5.26 Å². The summed E-state index contributed by atoms with van der Waals surface area (Å²) in [6.45, 7) is 2.80. The fourth-order valence-electron chi connectivity index (χ4n) is 2.35. The summed E-state index contributed by atoms with van der Waals surface area (Å²) < 4.78 is 0. The van der Waals surface area contributed by atoms with Crippen LogP contribution in [0.15, 0.2) is 48.5 Å². The molecule has 0 spiro atoms. The van der Waals surface area contributed by atoms with Crippen LogP contribution in [0.3, 0.4) is 0 Å². The van der Waals surface area contributed by atoms with Gasteiger partial charge in [-0.1, -0.05) is 19.4 Å². The molecule has 5 nitrogen and oxygen atoms in total. The molecule has 0 saturated carbocycles. The molecule has 0 radical (unpaired) electrons. The number of amides is 2. The molecule has 0 aliphatic heterocycles. The monoisotopic (exact) mass is 335 g/mol. The van der Waals surface area contributed by atoms with Gasteiger partial charge in [-0.05, 0) is 48.9 Å². The smallest absolute Gasteiger partial charge is 0.255 e. The summed E-state index contributed by atoms with van der Waals surface area (Å²) in [7, 11) is 1.78. The zero-order valence-electron chi connectivity index (χ0n) is 14.5. The van der Waals surface area contributed by atoms with Gasteiger partial charge < -0.3 is 10.2 Å². The van der Waals surface area contributed by atoms with Crippen LogP contribution in [0.1, 0.15) is 46.0 Å². The average Bonchev–Trinajstić information content (AvgIpc) is 2.65. The zero-order valence-corrected chi connectivity index (χ0v) is 14.5. The van der Waals surface area contributed by atoms with Crippen LogP contribution in [0, 0.1) is 11.3 Å². The number of unbranched alkanes of at least 4 members (excludes halogenated alkanes) is 1. The van der Waals surface area contributed by atoms with Gasteiger partial charge in [0.15, 0.2) is 0 Å². The molecular formula is C20H21N3O2. The van der Waals surface area contributed by atoms with E-state index in [1.165, 1.54) is 0 Å². The Labute approximate surface area is 147 Å². The highest BCUT2D eigenvalue weighted by atomic mass is 16.2. The molecule has 2 amide bonds. The Morgan fingerprint density at radius 1 is 1.12 bits per heavy atom. The number of carbonyl (C=O) groups excluding carboxylic acids is 2. The molecule has 0 saturated heterocycles. The van der Waals surface area contributed by atoms with Gasteiger partial charge in [0, 0.05) is 30.4 Å². The lowest BCUT2D eigenvalue weighted by atomic mass is 10.1. The Balaban J connectivity index is 2.04. The number of nitrogens with zero attached hydrogens (tertiary/aromatic N) is 2. The average molecular weight is 335 g/mol. The molecule has 2 rings (SSSR count). The van der Waals surface area contributed by atoms with Crippen molar-refractivity contribution in [2.75, 3.05) is 18.9 Å². The Morgan fingerprint density at radius 3 is 2.44 bits per heavy atom. The first kappa shape index (κ1) is 18.2. The summed E-state index contributed by atoms with van der Waals surface area (Å²) in [4.78, 5) is 26.3. The first-order valence-corrected chi connectivity index (χ1v) is 8.22. The van der Waals surface area contributed by atoms with E-state index < -0.39 is 0 Å². The predicted octanol–water partition coefficient (Wildman–Crippen LogP) is 3.68. The zero-order chi connectivity index (χ0) is 18.2. The molecule has 0 aliphatic rings. The largest absolute Gasteiger partial charge is 0.342 e. The number of nitrogens with one attached hydrogen (secondary N) is 1. The van der Waals surface area contributed by atoms with Gasteiger partial charge in [-0.25, -0.2) is 0 Å². The number of nitriles is 1. The van der Waals surface area contributed by atoms with Gasteiger partial charge in [-0.2, -0.15) is 5.26 Å². The van der Waals surface area contributed by atoms with E-state index in [9.17, 15) is 9.59 Å². The summed E-state index contributed by atoms with van der Waals surface area (Å²) in [5.41, 5.74) is 2.05. The lowest BCUT2D eigenvalue weighted by molar-refractivity contribution is 0.0792. The Kier molecular flexibility index (Phi) is 6.30. The van der Waals surface area contributed by atoms with Gasteiger partial charge in [-0.3, -0.25) is 9.59 Å². The molecule has 0 aliphatic carbocycles. The SMILES string of the molecule is CCCCN(C)C(=O)c1ccc(C(=O)Nc2cccc(C#N)c2)cc1. The molecule has 2 aromatic carbocycles. The summed E-state index contributed by atoms with van der Waals surface area (Å²) in [5, 5.41) is 11.6. The lowest BCUT2D eigenvalue weighted by Gasteiger charge is -2.16. The van der Waals surface area contributed by atoms with Crippen molar-refractivity contribution in [3.8, 4) is 6.07 Å². The predicted molar refractivity (Wildman–Crippen MR) is 97.4 cm³/mol. The van der Waals surface area contributed by atoms with E-state index in [1.807, 2.05) is 6.07 Å². The maximum atomic E-state index is 12.3. The molecule has 0 heterocycles. The van der Waals surface area contributed by atoms with Crippen molar-refractivity contribution < 1.29 is 9.59 Å². The number of hydrogen-bond donors (Lipinski definition) is 1. The van der Waals surface area contributed by atoms with Crippen LogP contribution < -0.4 is 5.32 Å². The minimum Gasteiger partial charge on any atom is -0.342 e. The summed E-state index contributed by atoms with van der Waals surface area (Å²) in [6.07, 6.45) is 1.99. The first-order valence-electron chi connectivity index (χ1n) is 8.22. The van der Waals surface area contributed by atoms with Crippen molar-refractivity contribution in [2.45, 2.75) is 19.8 Å². The molecular weight excluding hydrogens is 314 g/mol. The lowest BCUT2D eigenvalue weighted by Crippen LogP contribution is -2.27. The van der Waals surface area contributed by atoms with E-state index >= 15 is 0 Å². The van der Waals surface area contributed by atoms with E-state index in [0.717, 1.165) is 12.8 Å². The second-order valence-electron chi connectivity index (χ2n) is 5.80. The van der Waals surface area contributed by atoms with E-state index in [1.54, 1.807) is 60.5 Å². The van der Waals surface area contributed by atoms with E-state index in [0.29, 0.717) is 28.9 Å². The van der Waals surface area contributed by atoms with Gasteiger partial charge in [0.05, 0.1) is 11.6 Å². The van der Waals surface area contributed by atoms with Crippen LogP contribution in [0.2, 0.25) is 0 Å². The van der Waals surface area contributed by atoms with Gasteiger partial charge >= 0.3 is 0 Å². The molecule has 2 aromatic rings. The quantitative estimate of drug-likeness (QED) is 0.875. The molecule has 0 aromatic heterocycles. The maximum absolute atomic E-state index is 12.3. The van der Waals surface area contributed by atoms with E-state index in [2.05, 4.69) is 12.2 Å². The maximum Gasteiger partial charge on any atom is 0.255 e. The molecule has 128 valence electrons. The third-order valence-electron chi connectivity index (χ3n) is 3.84. The van der Waals surface area contributed by atoms with Crippen molar-refractivity contribution in [3.05, 3.63) is 65.2 Å².